The minimum absolute atomic E-state index is 0.0180. The molecule has 25 heavy (non-hydrogen) atoms. The molecule has 0 aromatic heterocycles. The van der Waals surface area contributed by atoms with Crippen molar-refractivity contribution in [2.75, 3.05) is 0 Å². The Morgan fingerprint density at radius 3 is 2.64 bits per heavy atom. The predicted molar refractivity (Wildman–Crippen MR) is 96.2 cm³/mol. The summed E-state index contributed by atoms with van der Waals surface area (Å²) in [6, 6.07) is 16.9. The Bertz CT molecular complexity index is 1150. The molecule has 4 rings (SSSR count). The zero-order chi connectivity index (χ0) is 17.6. The van der Waals surface area contributed by atoms with Crippen LogP contribution in [-0.2, 0) is 0 Å². The first-order valence-corrected chi connectivity index (χ1v) is 7.84. The zero-order valence-electron chi connectivity index (χ0n) is 13.4. The summed E-state index contributed by atoms with van der Waals surface area (Å²) in [5.74, 6) is 0.502. The van der Waals surface area contributed by atoms with Gasteiger partial charge in [-0.2, -0.15) is 0 Å². The van der Waals surface area contributed by atoms with Crippen molar-refractivity contribution in [3.8, 4) is 28.2 Å². The van der Waals surface area contributed by atoms with Crippen LogP contribution in [0.2, 0.25) is 0 Å². The molecule has 1 aliphatic carbocycles. The fourth-order valence-corrected chi connectivity index (χ4v) is 3.06. The molecule has 0 atom stereocenters. The van der Waals surface area contributed by atoms with Crippen LogP contribution in [0.5, 0.6) is 5.75 Å². The maximum Gasteiger partial charge on any atom is 0.182 e. The van der Waals surface area contributed by atoms with Gasteiger partial charge in [-0.3, -0.25) is 9.59 Å². The molecule has 4 nitrogen and oxygen atoms in total. The maximum absolute atomic E-state index is 11.8. The summed E-state index contributed by atoms with van der Waals surface area (Å²) in [6.07, 6.45) is 0. The molecular weight excluding hydrogens is 316 g/mol. The Morgan fingerprint density at radius 1 is 1.00 bits per heavy atom. The van der Waals surface area contributed by atoms with E-state index in [9.17, 15) is 14.7 Å². The fourth-order valence-electron chi connectivity index (χ4n) is 3.06. The summed E-state index contributed by atoms with van der Waals surface area (Å²) in [5.41, 5.74) is 3.42. The highest BCUT2D eigenvalue weighted by molar-refractivity contribution is 6.03. The van der Waals surface area contributed by atoms with E-state index in [-0.39, 0.29) is 17.0 Å². The quantitative estimate of drug-likeness (QED) is 0.435. The van der Waals surface area contributed by atoms with Crippen molar-refractivity contribution in [3.63, 3.8) is 0 Å². The fraction of sp³-hybridized carbons (Fsp3) is 0.0476. The summed E-state index contributed by atoms with van der Waals surface area (Å²) in [7, 11) is 0. The number of aromatic hydroxyl groups is 1. The molecule has 0 saturated heterocycles. The molecule has 0 bridgehead atoms. The molecule has 2 aliphatic rings. The Labute approximate surface area is 143 Å². The molecule has 0 saturated carbocycles. The van der Waals surface area contributed by atoms with E-state index in [0.717, 1.165) is 22.1 Å². The molecule has 0 fully saturated rings. The van der Waals surface area contributed by atoms with Crippen LogP contribution in [0.25, 0.3) is 33.4 Å². The van der Waals surface area contributed by atoms with E-state index in [1.165, 1.54) is 25.1 Å². The first kappa shape index (κ1) is 15.1. The van der Waals surface area contributed by atoms with Gasteiger partial charge >= 0.3 is 0 Å². The largest absolute Gasteiger partial charge is 0.508 e. The molecule has 1 heterocycles. The number of phenols is 1. The molecule has 0 amide bonds. The van der Waals surface area contributed by atoms with Crippen LogP contribution in [0.3, 0.4) is 0 Å². The average Bonchev–Trinajstić information content (AvgIpc) is 2.59. The van der Waals surface area contributed by atoms with E-state index in [0.29, 0.717) is 16.9 Å². The van der Waals surface area contributed by atoms with Crippen molar-refractivity contribution in [3.05, 3.63) is 76.5 Å². The number of hydrogen-bond acceptors (Lipinski definition) is 4. The van der Waals surface area contributed by atoms with Crippen molar-refractivity contribution >= 4 is 16.8 Å². The lowest BCUT2D eigenvalue weighted by atomic mass is 9.92. The van der Waals surface area contributed by atoms with E-state index >= 15 is 0 Å². The number of benzene rings is 3. The van der Waals surface area contributed by atoms with Gasteiger partial charge < -0.3 is 9.52 Å². The lowest BCUT2D eigenvalue weighted by Crippen LogP contribution is -2.00. The number of ketones is 1. The lowest BCUT2D eigenvalue weighted by molar-refractivity contribution is 0.101. The van der Waals surface area contributed by atoms with Crippen LogP contribution in [0, 0.1) is 0 Å². The first-order valence-electron chi connectivity index (χ1n) is 7.84. The van der Waals surface area contributed by atoms with E-state index in [2.05, 4.69) is 0 Å². The van der Waals surface area contributed by atoms with E-state index in [4.69, 9.17) is 4.42 Å². The van der Waals surface area contributed by atoms with Gasteiger partial charge in [0.2, 0.25) is 0 Å². The molecule has 2 aromatic carbocycles. The number of rotatable bonds is 2. The van der Waals surface area contributed by atoms with Gasteiger partial charge in [0.1, 0.15) is 17.1 Å². The SMILES string of the molecule is CC(=O)c1cccc(-c2c3ccc(=O)cc-3oc3cc(O)ccc23)c1. The molecule has 122 valence electrons. The van der Waals surface area contributed by atoms with Gasteiger partial charge in [-0.15, -0.1) is 0 Å². The second-order valence-electron chi connectivity index (χ2n) is 5.95. The van der Waals surface area contributed by atoms with E-state index in [1.54, 1.807) is 24.3 Å². The molecule has 0 unspecified atom stereocenters. The maximum atomic E-state index is 11.8. The van der Waals surface area contributed by atoms with E-state index < -0.39 is 0 Å². The highest BCUT2D eigenvalue weighted by Gasteiger charge is 2.18. The topological polar surface area (TPSA) is 67.5 Å². The molecule has 0 spiro atoms. The summed E-state index contributed by atoms with van der Waals surface area (Å²) < 4.78 is 5.82. The minimum Gasteiger partial charge on any atom is -0.508 e. The predicted octanol–water partition coefficient (Wildman–Crippen LogP) is 4.47. The van der Waals surface area contributed by atoms with Crippen LogP contribution < -0.4 is 5.43 Å². The Balaban J connectivity index is 2.15. The van der Waals surface area contributed by atoms with Gasteiger partial charge in [-0.25, -0.2) is 0 Å². The Hall–Kier alpha value is -3.40. The van der Waals surface area contributed by atoms with Gasteiger partial charge in [-0.1, -0.05) is 18.2 Å². The highest BCUT2D eigenvalue weighted by Crippen LogP contribution is 2.40. The average molecular weight is 330 g/mol. The normalized spacial score (nSPS) is 11.1. The Kier molecular flexibility index (Phi) is 3.39. The number of carbonyl (C=O) groups excluding carboxylic acids is 1. The smallest absolute Gasteiger partial charge is 0.182 e. The van der Waals surface area contributed by atoms with Crippen molar-refractivity contribution in [2.24, 2.45) is 0 Å². The highest BCUT2D eigenvalue weighted by atomic mass is 16.3. The zero-order valence-corrected chi connectivity index (χ0v) is 13.4. The molecule has 1 N–H and O–H groups in total. The van der Waals surface area contributed by atoms with Crippen LogP contribution in [0.15, 0.2) is 69.9 Å². The second kappa shape index (κ2) is 5.60. The van der Waals surface area contributed by atoms with Crippen molar-refractivity contribution in [2.45, 2.75) is 6.92 Å². The minimum atomic E-state index is -0.154. The number of phenolic OH excluding ortho intramolecular Hbond substituents is 1. The second-order valence-corrected chi connectivity index (χ2v) is 5.95. The van der Waals surface area contributed by atoms with Crippen LogP contribution >= 0.6 is 0 Å². The third-order valence-electron chi connectivity index (χ3n) is 4.23. The lowest BCUT2D eigenvalue weighted by Gasteiger charge is -2.15. The monoisotopic (exact) mass is 330 g/mol. The van der Waals surface area contributed by atoms with Gasteiger partial charge in [0.05, 0.1) is 0 Å². The number of Topliss-reactive ketones (excluding diaryl/α,β-unsaturated/α-hetero) is 1. The number of carbonyl (C=O) groups is 1. The Morgan fingerprint density at radius 2 is 1.84 bits per heavy atom. The third kappa shape index (κ3) is 2.58. The van der Waals surface area contributed by atoms with Crippen LogP contribution in [0.4, 0.5) is 0 Å². The number of hydrogen-bond donors (Lipinski definition) is 1. The van der Waals surface area contributed by atoms with Gasteiger partial charge in [0.15, 0.2) is 11.2 Å². The van der Waals surface area contributed by atoms with E-state index in [1.807, 2.05) is 18.2 Å². The van der Waals surface area contributed by atoms with Crippen LogP contribution in [0.1, 0.15) is 17.3 Å². The first-order chi connectivity index (χ1) is 12.0. The molecule has 0 radical (unpaired) electrons. The molecule has 4 heteroatoms. The molecule has 1 aliphatic heterocycles. The third-order valence-corrected chi connectivity index (χ3v) is 4.23. The van der Waals surface area contributed by atoms with Gasteiger partial charge in [-0.05, 0) is 42.8 Å². The van der Waals surface area contributed by atoms with Crippen molar-refractivity contribution in [1.82, 2.24) is 0 Å². The summed E-state index contributed by atoms with van der Waals surface area (Å²) in [6.45, 7) is 1.53. The van der Waals surface area contributed by atoms with Crippen molar-refractivity contribution < 1.29 is 14.3 Å². The van der Waals surface area contributed by atoms with Crippen LogP contribution in [-0.4, -0.2) is 10.9 Å². The number of fused-ring (bicyclic) bond motifs is 2. The van der Waals surface area contributed by atoms with Gasteiger partial charge in [0.25, 0.3) is 0 Å². The standard InChI is InChI=1S/C21H14O4/c1-12(22)13-3-2-4-14(9-13)21-17-7-5-15(23)10-19(17)25-20-11-16(24)6-8-18(20)21/h2-11,23H,1H3. The summed E-state index contributed by atoms with van der Waals surface area (Å²) in [5, 5.41) is 10.6. The molecule has 2 aromatic rings. The summed E-state index contributed by atoms with van der Waals surface area (Å²) >= 11 is 0. The van der Waals surface area contributed by atoms with Crippen molar-refractivity contribution in [1.29, 1.82) is 0 Å². The van der Waals surface area contributed by atoms with Gasteiger partial charge in [0, 0.05) is 34.2 Å². The summed E-state index contributed by atoms with van der Waals surface area (Å²) in [4.78, 5) is 23.5. The molecular formula is C21H14O4.